The molecule has 0 saturated carbocycles. The molecule has 1 unspecified atom stereocenters. The van der Waals surface area contributed by atoms with Gasteiger partial charge < -0.3 is 10.5 Å². The van der Waals surface area contributed by atoms with Gasteiger partial charge in [0.05, 0.1) is 0 Å². The lowest BCUT2D eigenvalue weighted by Crippen LogP contribution is -2.13. The Hall–Kier alpha value is -0.370. The van der Waals surface area contributed by atoms with Crippen molar-refractivity contribution >= 4 is 5.78 Å². The van der Waals surface area contributed by atoms with E-state index in [-0.39, 0.29) is 0 Å². The fourth-order valence-electron chi connectivity index (χ4n) is 1.69. The maximum Gasteiger partial charge on any atom is 0.129 e. The van der Waals surface area contributed by atoms with E-state index in [2.05, 4.69) is 20.8 Å². The van der Waals surface area contributed by atoms with E-state index >= 15 is 0 Å². The van der Waals surface area contributed by atoms with Gasteiger partial charge in [-0.3, -0.25) is 0 Å². The first-order chi connectivity index (χ1) is 8.54. The van der Waals surface area contributed by atoms with Gasteiger partial charge in [-0.1, -0.05) is 58.8 Å². The molecule has 0 aliphatic rings. The standard InChI is InChI=1S/C8H19N.C8H16O/c2*1-3-4-5-6-7-8(2)9/h8H,3-7,9H2,1-2H3;3-7H2,1-2H3. The summed E-state index contributed by atoms with van der Waals surface area (Å²) in [6.45, 7) is 8.14. The Morgan fingerprint density at radius 2 is 1.44 bits per heavy atom. The summed E-state index contributed by atoms with van der Waals surface area (Å²) >= 11 is 0. The first-order valence-corrected chi connectivity index (χ1v) is 7.79. The summed E-state index contributed by atoms with van der Waals surface area (Å²) in [6, 6.07) is 0.404. The highest BCUT2D eigenvalue weighted by molar-refractivity contribution is 5.75. The topological polar surface area (TPSA) is 43.1 Å². The van der Waals surface area contributed by atoms with Crippen molar-refractivity contribution in [2.24, 2.45) is 5.73 Å². The molecule has 0 heterocycles. The molecule has 0 aromatic rings. The van der Waals surface area contributed by atoms with Gasteiger partial charge in [-0.05, 0) is 26.7 Å². The number of ketones is 1. The highest BCUT2D eigenvalue weighted by Crippen LogP contribution is 2.03. The molecule has 0 aromatic heterocycles. The minimum absolute atomic E-state index is 0.325. The normalized spacial score (nSPS) is 11.6. The number of Topliss-reactive ketones (excluding diaryl/α,β-unsaturated/α-hetero) is 1. The van der Waals surface area contributed by atoms with E-state index < -0.39 is 0 Å². The lowest BCUT2D eigenvalue weighted by atomic mass is 10.1. The fourth-order valence-corrected chi connectivity index (χ4v) is 1.69. The van der Waals surface area contributed by atoms with Crippen molar-refractivity contribution < 1.29 is 4.79 Å². The number of hydrogen-bond acceptors (Lipinski definition) is 2. The van der Waals surface area contributed by atoms with Crippen molar-refractivity contribution in [3.8, 4) is 0 Å². The molecule has 0 rings (SSSR count). The quantitative estimate of drug-likeness (QED) is 0.568. The third-order valence-corrected chi connectivity index (χ3v) is 2.90. The van der Waals surface area contributed by atoms with E-state index in [0.29, 0.717) is 11.8 Å². The second kappa shape index (κ2) is 16.6. The van der Waals surface area contributed by atoms with Gasteiger partial charge >= 0.3 is 0 Å². The van der Waals surface area contributed by atoms with Crippen molar-refractivity contribution in [1.29, 1.82) is 0 Å². The van der Waals surface area contributed by atoms with Gasteiger partial charge in [0.1, 0.15) is 5.78 Å². The SMILES string of the molecule is CCCCCCC(C)=O.CCCCCCC(C)N. The average Bonchev–Trinajstić information content (AvgIpc) is 2.31. The fraction of sp³-hybridized carbons (Fsp3) is 0.938. The number of carbonyl (C=O) groups excluding carboxylic acids is 1. The Morgan fingerprint density at radius 3 is 1.83 bits per heavy atom. The van der Waals surface area contributed by atoms with Gasteiger partial charge in [0.2, 0.25) is 0 Å². The van der Waals surface area contributed by atoms with Crippen LogP contribution >= 0.6 is 0 Å². The predicted molar refractivity (Wildman–Crippen MR) is 81.8 cm³/mol. The predicted octanol–water partition coefficient (Wildman–Crippen LogP) is 4.85. The van der Waals surface area contributed by atoms with Crippen LogP contribution in [0.1, 0.15) is 91.9 Å². The van der Waals surface area contributed by atoms with Crippen LogP contribution < -0.4 is 5.73 Å². The maximum absolute atomic E-state index is 10.4. The molecule has 1 atom stereocenters. The zero-order chi connectivity index (χ0) is 14.2. The molecule has 18 heavy (non-hydrogen) atoms. The lowest BCUT2D eigenvalue weighted by Gasteiger charge is -2.02. The van der Waals surface area contributed by atoms with Crippen molar-refractivity contribution in [2.45, 2.75) is 97.9 Å². The number of hydrogen-bond donors (Lipinski definition) is 1. The molecule has 0 fully saturated rings. The van der Waals surface area contributed by atoms with Crippen LogP contribution in [0.2, 0.25) is 0 Å². The summed E-state index contributed by atoms with van der Waals surface area (Å²) in [5.74, 6) is 0.325. The molecule has 0 aliphatic carbocycles. The molecule has 0 aromatic carbocycles. The van der Waals surface area contributed by atoms with E-state index in [4.69, 9.17) is 5.73 Å². The summed E-state index contributed by atoms with van der Waals surface area (Å²) in [6.07, 6.45) is 12.2. The zero-order valence-corrected chi connectivity index (χ0v) is 13.1. The summed E-state index contributed by atoms with van der Waals surface area (Å²) in [5, 5.41) is 0. The van der Waals surface area contributed by atoms with Crippen LogP contribution in [0.4, 0.5) is 0 Å². The minimum Gasteiger partial charge on any atom is -0.328 e. The molecular weight excluding hydrogens is 222 g/mol. The first kappa shape index (κ1) is 20.0. The summed E-state index contributed by atoms with van der Waals surface area (Å²) in [4.78, 5) is 10.4. The van der Waals surface area contributed by atoms with Gasteiger partial charge in [0.25, 0.3) is 0 Å². The molecule has 0 amide bonds. The van der Waals surface area contributed by atoms with Crippen LogP contribution in [0, 0.1) is 0 Å². The Morgan fingerprint density at radius 1 is 0.944 bits per heavy atom. The molecule has 110 valence electrons. The van der Waals surface area contributed by atoms with Gasteiger partial charge in [-0.25, -0.2) is 0 Å². The summed E-state index contributed by atoms with van der Waals surface area (Å²) in [5.41, 5.74) is 5.57. The Labute approximate surface area is 115 Å². The van der Waals surface area contributed by atoms with E-state index in [0.717, 1.165) is 12.8 Å². The van der Waals surface area contributed by atoms with Gasteiger partial charge in [0.15, 0.2) is 0 Å². The van der Waals surface area contributed by atoms with Crippen LogP contribution in [0.15, 0.2) is 0 Å². The number of rotatable bonds is 10. The van der Waals surface area contributed by atoms with E-state index in [9.17, 15) is 4.79 Å². The summed E-state index contributed by atoms with van der Waals surface area (Å²) < 4.78 is 0. The largest absolute Gasteiger partial charge is 0.328 e. The Bertz CT molecular complexity index is 166. The number of carbonyl (C=O) groups is 1. The van der Waals surface area contributed by atoms with Gasteiger partial charge in [-0.15, -0.1) is 0 Å². The molecule has 0 spiro atoms. The number of nitrogens with two attached hydrogens (primary N) is 1. The molecule has 0 radical (unpaired) electrons. The molecular formula is C16H35NO. The first-order valence-electron chi connectivity index (χ1n) is 7.79. The maximum atomic E-state index is 10.4. The molecule has 0 saturated heterocycles. The van der Waals surface area contributed by atoms with Crippen LogP contribution in [0.25, 0.3) is 0 Å². The van der Waals surface area contributed by atoms with Crippen LogP contribution in [0.5, 0.6) is 0 Å². The average molecular weight is 257 g/mol. The zero-order valence-electron chi connectivity index (χ0n) is 13.1. The van der Waals surface area contributed by atoms with Crippen molar-refractivity contribution in [1.82, 2.24) is 0 Å². The third kappa shape index (κ3) is 24.7. The molecule has 2 nitrogen and oxygen atoms in total. The number of unbranched alkanes of at least 4 members (excludes halogenated alkanes) is 6. The van der Waals surface area contributed by atoms with E-state index in [1.807, 2.05) is 0 Å². The lowest BCUT2D eigenvalue weighted by molar-refractivity contribution is -0.117. The van der Waals surface area contributed by atoms with E-state index in [1.165, 1.54) is 51.4 Å². The van der Waals surface area contributed by atoms with Crippen molar-refractivity contribution in [3.63, 3.8) is 0 Å². The smallest absolute Gasteiger partial charge is 0.129 e. The Kier molecular flexibility index (Phi) is 18.4. The van der Waals surface area contributed by atoms with Crippen LogP contribution in [0.3, 0.4) is 0 Å². The molecule has 2 N–H and O–H groups in total. The monoisotopic (exact) mass is 257 g/mol. The van der Waals surface area contributed by atoms with Crippen LogP contribution in [-0.2, 0) is 4.79 Å². The highest BCUT2D eigenvalue weighted by atomic mass is 16.1. The van der Waals surface area contributed by atoms with Crippen molar-refractivity contribution in [2.75, 3.05) is 0 Å². The second-order valence-electron chi connectivity index (χ2n) is 5.34. The van der Waals surface area contributed by atoms with E-state index in [1.54, 1.807) is 6.92 Å². The molecule has 0 aliphatic heterocycles. The third-order valence-electron chi connectivity index (χ3n) is 2.90. The molecule has 2 heteroatoms. The van der Waals surface area contributed by atoms with Gasteiger partial charge in [0, 0.05) is 12.5 Å². The molecule has 0 bridgehead atoms. The Balaban J connectivity index is 0. The highest BCUT2D eigenvalue weighted by Gasteiger charge is 1.92. The van der Waals surface area contributed by atoms with Gasteiger partial charge in [-0.2, -0.15) is 0 Å². The summed E-state index contributed by atoms with van der Waals surface area (Å²) in [7, 11) is 0. The minimum atomic E-state index is 0.325. The second-order valence-corrected chi connectivity index (χ2v) is 5.34. The van der Waals surface area contributed by atoms with Crippen LogP contribution in [-0.4, -0.2) is 11.8 Å². The van der Waals surface area contributed by atoms with Crippen molar-refractivity contribution in [3.05, 3.63) is 0 Å².